The molecule has 0 bridgehead atoms. The second-order valence-electron chi connectivity index (χ2n) is 6.09. The van der Waals surface area contributed by atoms with Crippen LogP contribution in [0.25, 0.3) is 0 Å². The summed E-state index contributed by atoms with van der Waals surface area (Å²) in [6.45, 7) is -0.273. The molecule has 0 aliphatic rings. The summed E-state index contributed by atoms with van der Waals surface area (Å²) < 4.78 is 69.4. The van der Waals surface area contributed by atoms with Gasteiger partial charge >= 0.3 is 6.18 Å². The molecule has 0 radical (unpaired) electrons. The minimum atomic E-state index is -4.58. The molecule has 2 rings (SSSR count). The van der Waals surface area contributed by atoms with Gasteiger partial charge in [-0.1, -0.05) is 16.8 Å². The number of hydrogen-bond acceptors (Lipinski definition) is 6. The fraction of sp³-hybridized carbons (Fsp3) is 0.438. The normalized spacial score (nSPS) is 13.6. The molecule has 0 spiro atoms. The number of halogens is 4. The van der Waals surface area contributed by atoms with Crippen LogP contribution in [0.15, 0.2) is 40.1 Å². The number of primary amides is 1. The van der Waals surface area contributed by atoms with Crippen molar-refractivity contribution in [1.82, 2.24) is 14.4 Å². The lowest BCUT2D eigenvalue weighted by atomic mass is 10.1. The number of sulfonamides is 1. The fourth-order valence-corrected chi connectivity index (χ4v) is 4.40. The van der Waals surface area contributed by atoms with Crippen molar-refractivity contribution >= 4 is 27.5 Å². The standard InChI is InChI=1S/C16H18ClF3N4O4S/c17-11-3-5-12(6-4-11)29(26,27)24(9-1-2-14-22-10-28-23-14)13(15(21)25)7-8-16(18,19)20/h3-6,10,13H,1-2,7-9H2,(H2,21,25)/t13-/m1/s1. The molecule has 2 N–H and O–H groups in total. The molecular weight excluding hydrogens is 437 g/mol. The van der Waals surface area contributed by atoms with E-state index in [1.165, 1.54) is 24.3 Å². The Kier molecular flexibility index (Phi) is 7.60. The van der Waals surface area contributed by atoms with Crippen LogP contribution >= 0.6 is 11.6 Å². The molecule has 8 nitrogen and oxygen atoms in total. The lowest BCUT2D eigenvalue weighted by Crippen LogP contribution is -2.48. The van der Waals surface area contributed by atoms with Gasteiger partial charge < -0.3 is 10.3 Å². The van der Waals surface area contributed by atoms with Gasteiger partial charge in [-0.2, -0.15) is 22.5 Å². The van der Waals surface area contributed by atoms with Crippen LogP contribution in [0.3, 0.4) is 0 Å². The summed E-state index contributed by atoms with van der Waals surface area (Å²) in [7, 11) is -4.33. The van der Waals surface area contributed by atoms with Crippen LogP contribution < -0.4 is 5.73 Å². The SMILES string of the molecule is NC(=O)[C@@H](CCC(F)(F)F)N(CCCc1ncon1)S(=O)(=O)c1ccc(Cl)cc1. The van der Waals surface area contributed by atoms with E-state index in [-0.39, 0.29) is 29.3 Å². The highest BCUT2D eigenvalue weighted by Gasteiger charge is 2.38. The van der Waals surface area contributed by atoms with E-state index in [1.807, 2.05) is 0 Å². The van der Waals surface area contributed by atoms with E-state index in [0.717, 1.165) is 6.39 Å². The molecule has 0 saturated heterocycles. The second kappa shape index (κ2) is 9.55. The number of hydrogen-bond donors (Lipinski definition) is 1. The maximum Gasteiger partial charge on any atom is 0.389 e. The predicted molar refractivity (Wildman–Crippen MR) is 96.2 cm³/mol. The number of alkyl halides is 3. The average Bonchev–Trinajstić information content (AvgIpc) is 3.13. The van der Waals surface area contributed by atoms with Crippen LogP contribution in [0.1, 0.15) is 25.1 Å². The number of aryl methyl sites for hydroxylation is 1. The molecule has 29 heavy (non-hydrogen) atoms. The largest absolute Gasteiger partial charge is 0.389 e. The third-order valence-electron chi connectivity index (χ3n) is 3.98. The van der Waals surface area contributed by atoms with Crippen LogP contribution in [0.5, 0.6) is 0 Å². The van der Waals surface area contributed by atoms with E-state index >= 15 is 0 Å². The number of rotatable bonds is 10. The predicted octanol–water partition coefficient (Wildman–Crippen LogP) is 2.54. The van der Waals surface area contributed by atoms with Gasteiger partial charge in [0.15, 0.2) is 5.82 Å². The molecule has 0 fully saturated rings. The van der Waals surface area contributed by atoms with Crippen molar-refractivity contribution in [2.45, 2.75) is 42.8 Å². The Labute approximate surface area is 169 Å². The minimum absolute atomic E-state index is 0.127. The molecule has 1 aromatic carbocycles. The number of nitrogens with two attached hydrogens (primary N) is 1. The van der Waals surface area contributed by atoms with Crippen LogP contribution in [0.4, 0.5) is 13.2 Å². The van der Waals surface area contributed by atoms with Crippen LogP contribution in [0.2, 0.25) is 5.02 Å². The van der Waals surface area contributed by atoms with Gasteiger partial charge in [0.05, 0.1) is 4.90 Å². The number of nitrogens with zero attached hydrogens (tertiary/aromatic N) is 3. The number of carbonyl (C=O) groups excluding carboxylic acids is 1. The first-order valence-corrected chi connectivity index (χ1v) is 10.2. The first-order chi connectivity index (χ1) is 13.5. The maximum atomic E-state index is 13.1. The van der Waals surface area contributed by atoms with Crippen LogP contribution in [-0.2, 0) is 21.2 Å². The number of aromatic nitrogens is 2. The minimum Gasteiger partial charge on any atom is -0.368 e. The van der Waals surface area contributed by atoms with Crippen molar-refractivity contribution < 1.29 is 30.9 Å². The number of amides is 1. The zero-order valence-electron chi connectivity index (χ0n) is 15.0. The molecule has 1 amide bonds. The quantitative estimate of drug-likeness (QED) is 0.589. The van der Waals surface area contributed by atoms with Gasteiger partial charge in [0.25, 0.3) is 0 Å². The second-order valence-corrected chi connectivity index (χ2v) is 8.42. The van der Waals surface area contributed by atoms with Gasteiger partial charge in [-0.25, -0.2) is 8.42 Å². The van der Waals surface area contributed by atoms with Gasteiger partial charge in [-0.15, -0.1) is 0 Å². The van der Waals surface area contributed by atoms with E-state index in [1.54, 1.807) is 0 Å². The maximum absolute atomic E-state index is 13.1. The van der Waals surface area contributed by atoms with Crippen molar-refractivity contribution in [3.8, 4) is 0 Å². The van der Waals surface area contributed by atoms with Gasteiger partial charge in [0.2, 0.25) is 22.3 Å². The molecule has 1 atom stereocenters. The first kappa shape index (κ1) is 23.1. The highest BCUT2D eigenvalue weighted by molar-refractivity contribution is 7.89. The van der Waals surface area contributed by atoms with Crippen molar-refractivity contribution in [3.63, 3.8) is 0 Å². The van der Waals surface area contributed by atoms with Gasteiger partial charge in [0.1, 0.15) is 6.04 Å². The highest BCUT2D eigenvalue weighted by atomic mass is 35.5. The molecule has 0 aliphatic carbocycles. The van der Waals surface area contributed by atoms with E-state index in [4.69, 9.17) is 17.3 Å². The average molecular weight is 455 g/mol. The number of benzene rings is 1. The zero-order valence-corrected chi connectivity index (χ0v) is 16.5. The van der Waals surface area contributed by atoms with E-state index in [2.05, 4.69) is 14.7 Å². The smallest absolute Gasteiger partial charge is 0.368 e. The highest BCUT2D eigenvalue weighted by Crippen LogP contribution is 2.27. The molecule has 0 saturated carbocycles. The van der Waals surface area contributed by atoms with Gasteiger partial charge in [-0.05, 0) is 37.1 Å². The van der Waals surface area contributed by atoms with Crippen LogP contribution in [-0.4, -0.2) is 47.5 Å². The summed E-state index contributed by atoms with van der Waals surface area (Å²) >= 11 is 5.76. The van der Waals surface area contributed by atoms with E-state index in [0.29, 0.717) is 10.1 Å². The molecule has 0 unspecified atom stereocenters. The molecule has 1 heterocycles. The fourth-order valence-electron chi connectivity index (χ4n) is 2.61. The Balaban J connectivity index is 2.31. The summed E-state index contributed by atoms with van der Waals surface area (Å²) in [6.07, 6.45) is -5.33. The van der Waals surface area contributed by atoms with Gasteiger partial charge in [-0.3, -0.25) is 4.79 Å². The molecule has 2 aromatic rings. The molecule has 1 aromatic heterocycles. The lowest BCUT2D eigenvalue weighted by Gasteiger charge is -2.29. The van der Waals surface area contributed by atoms with E-state index in [9.17, 15) is 26.4 Å². The molecule has 0 aliphatic heterocycles. The Morgan fingerprint density at radius 2 is 1.93 bits per heavy atom. The van der Waals surface area contributed by atoms with Crippen molar-refractivity contribution in [2.75, 3.05) is 6.54 Å². The summed E-state index contributed by atoms with van der Waals surface area (Å²) in [5.41, 5.74) is 5.26. The Morgan fingerprint density at radius 1 is 1.28 bits per heavy atom. The van der Waals surface area contributed by atoms with Crippen molar-refractivity contribution in [3.05, 3.63) is 41.5 Å². The number of carbonyl (C=O) groups is 1. The molecule has 13 heteroatoms. The Morgan fingerprint density at radius 3 is 2.45 bits per heavy atom. The Hall–Kier alpha value is -2.18. The van der Waals surface area contributed by atoms with Crippen molar-refractivity contribution in [2.24, 2.45) is 5.73 Å². The lowest BCUT2D eigenvalue weighted by molar-refractivity contribution is -0.140. The summed E-state index contributed by atoms with van der Waals surface area (Å²) in [5, 5.41) is 3.86. The van der Waals surface area contributed by atoms with E-state index < -0.39 is 41.0 Å². The third kappa shape index (κ3) is 6.68. The topological polar surface area (TPSA) is 119 Å². The van der Waals surface area contributed by atoms with Crippen LogP contribution in [0, 0.1) is 0 Å². The summed E-state index contributed by atoms with van der Waals surface area (Å²) in [5.74, 6) is -0.883. The third-order valence-corrected chi connectivity index (χ3v) is 6.16. The summed E-state index contributed by atoms with van der Waals surface area (Å²) in [6, 6.07) is 3.36. The Bertz CT molecular complexity index is 905. The summed E-state index contributed by atoms with van der Waals surface area (Å²) in [4.78, 5) is 15.4. The molecule has 160 valence electrons. The monoisotopic (exact) mass is 454 g/mol. The molecular formula is C16H18ClF3N4O4S. The zero-order chi connectivity index (χ0) is 21.7. The first-order valence-electron chi connectivity index (χ1n) is 8.39. The van der Waals surface area contributed by atoms with Gasteiger partial charge in [0, 0.05) is 24.4 Å². The van der Waals surface area contributed by atoms with Crippen molar-refractivity contribution in [1.29, 1.82) is 0 Å².